The summed E-state index contributed by atoms with van der Waals surface area (Å²) in [7, 11) is 3.33. The van der Waals surface area contributed by atoms with Gasteiger partial charge in [-0.05, 0) is 7.05 Å². The van der Waals surface area contributed by atoms with E-state index in [1.54, 1.807) is 12.1 Å². The number of carbonyl (C=O) groups is 1. The molecular formula is C19H24ClN3O5. The second kappa shape index (κ2) is 9.38. The topological polar surface area (TPSA) is 77.2 Å². The fourth-order valence-corrected chi connectivity index (χ4v) is 3.42. The SMILES string of the molecule is COOC(=O)C(CN1CCN(C)CC1)Cn1oc(-c2ccccc2)c(Cl)c1=O. The number of likely N-dealkylation sites (N-methyl/N-ethyl adjacent to an activating group) is 1. The summed E-state index contributed by atoms with van der Waals surface area (Å²) >= 11 is 6.20. The molecule has 2 aromatic rings. The summed E-state index contributed by atoms with van der Waals surface area (Å²) in [5.41, 5.74) is 0.215. The second-order valence-corrected chi connectivity index (χ2v) is 7.21. The van der Waals surface area contributed by atoms with Crippen LogP contribution < -0.4 is 5.56 Å². The third-order valence-electron chi connectivity index (χ3n) is 4.81. The highest BCUT2D eigenvalue weighted by Gasteiger charge is 2.29. The minimum Gasteiger partial charge on any atom is -0.374 e. The van der Waals surface area contributed by atoms with Crippen LogP contribution in [-0.4, -0.2) is 67.4 Å². The normalized spacial score (nSPS) is 16.8. The van der Waals surface area contributed by atoms with Crippen LogP contribution in [0.5, 0.6) is 0 Å². The summed E-state index contributed by atoms with van der Waals surface area (Å²) in [5.74, 6) is -0.903. The zero-order chi connectivity index (χ0) is 20.1. The van der Waals surface area contributed by atoms with Crippen LogP contribution in [0.1, 0.15) is 0 Å². The largest absolute Gasteiger partial charge is 0.374 e. The number of carbonyl (C=O) groups excluding carboxylic acids is 1. The molecule has 1 aliphatic heterocycles. The van der Waals surface area contributed by atoms with Gasteiger partial charge in [0.2, 0.25) is 0 Å². The lowest BCUT2D eigenvalue weighted by molar-refractivity contribution is -0.260. The van der Waals surface area contributed by atoms with Crippen LogP contribution in [0.25, 0.3) is 11.3 Å². The van der Waals surface area contributed by atoms with Crippen molar-refractivity contribution in [2.24, 2.45) is 5.92 Å². The van der Waals surface area contributed by atoms with E-state index in [1.165, 1.54) is 7.11 Å². The van der Waals surface area contributed by atoms with Crippen LogP contribution >= 0.6 is 11.6 Å². The Kier molecular flexibility index (Phi) is 6.90. The molecule has 0 saturated carbocycles. The fraction of sp³-hybridized carbons (Fsp3) is 0.474. The predicted molar refractivity (Wildman–Crippen MR) is 104 cm³/mol. The minimum atomic E-state index is -0.633. The van der Waals surface area contributed by atoms with E-state index in [9.17, 15) is 9.59 Å². The van der Waals surface area contributed by atoms with Crippen LogP contribution in [0.3, 0.4) is 0 Å². The number of rotatable bonds is 7. The van der Waals surface area contributed by atoms with Gasteiger partial charge in [0.25, 0.3) is 0 Å². The van der Waals surface area contributed by atoms with Gasteiger partial charge >= 0.3 is 11.5 Å². The Morgan fingerprint density at radius 2 is 1.86 bits per heavy atom. The van der Waals surface area contributed by atoms with E-state index in [2.05, 4.69) is 21.7 Å². The second-order valence-electron chi connectivity index (χ2n) is 6.84. The lowest BCUT2D eigenvalue weighted by Crippen LogP contribution is -2.47. The Morgan fingerprint density at radius 3 is 2.50 bits per heavy atom. The summed E-state index contributed by atoms with van der Waals surface area (Å²) in [6.07, 6.45) is 0. The Morgan fingerprint density at radius 1 is 1.18 bits per heavy atom. The predicted octanol–water partition coefficient (Wildman–Crippen LogP) is 1.73. The van der Waals surface area contributed by atoms with Crippen LogP contribution in [0.2, 0.25) is 5.02 Å². The highest BCUT2D eigenvalue weighted by Crippen LogP contribution is 2.26. The van der Waals surface area contributed by atoms with Crippen molar-refractivity contribution >= 4 is 17.6 Å². The maximum Gasteiger partial charge on any atom is 0.348 e. The lowest BCUT2D eigenvalue weighted by Gasteiger charge is -2.33. The molecule has 2 heterocycles. The van der Waals surface area contributed by atoms with Gasteiger partial charge in [0.15, 0.2) is 10.8 Å². The molecule has 1 saturated heterocycles. The molecule has 1 fully saturated rings. The zero-order valence-corrected chi connectivity index (χ0v) is 16.7. The molecule has 0 radical (unpaired) electrons. The summed E-state index contributed by atoms with van der Waals surface area (Å²) in [4.78, 5) is 38.6. The van der Waals surface area contributed by atoms with E-state index in [1.807, 2.05) is 18.2 Å². The molecule has 0 bridgehead atoms. The fourth-order valence-electron chi connectivity index (χ4n) is 3.19. The lowest BCUT2D eigenvalue weighted by atomic mass is 10.1. The van der Waals surface area contributed by atoms with Gasteiger partial charge in [-0.3, -0.25) is 14.6 Å². The van der Waals surface area contributed by atoms with E-state index in [-0.39, 0.29) is 17.3 Å². The Hall–Kier alpha value is -2.13. The van der Waals surface area contributed by atoms with Crippen molar-refractivity contribution < 1.29 is 19.1 Å². The van der Waals surface area contributed by atoms with Crippen molar-refractivity contribution in [2.45, 2.75) is 6.54 Å². The first kappa shape index (κ1) is 20.6. The minimum absolute atomic E-state index is 0.00958. The molecule has 1 atom stereocenters. The van der Waals surface area contributed by atoms with Gasteiger partial charge in [0.1, 0.15) is 0 Å². The average Bonchev–Trinajstić information content (AvgIpc) is 2.98. The summed E-state index contributed by atoms with van der Waals surface area (Å²) in [6.45, 7) is 3.93. The first-order valence-electron chi connectivity index (χ1n) is 9.10. The van der Waals surface area contributed by atoms with E-state index >= 15 is 0 Å². The van der Waals surface area contributed by atoms with Crippen molar-refractivity contribution in [1.29, 1.82) is 0 Å². The van der Waals surface area contributed by atoms with Gasteiger partial charge in [0, 0.05) is 38.3 Å². The summed E-state index contributed by atoms with van der Waals surface area (Å²) < 4.78 is 6.81. The summed E-state index contributed by atoms with van der Waals surface area (Å²) in [6, 6.07) is 9.12. The Bertz CT molecular complexity index is 843. The number of hydrogen-bond acceptors (Lipinski definition) is 7. The van der Waals surface area contributed by atoms with Crippen LogP contribution in [0, 0.1) is 5.92 Å². The molecule has 1 aromatic carbocycles. The standard InChI is InChI=1S/C19H24ClN3O5/c1-21-8-10-22(11-9-21)12-15(19(25)28-26-2)13-23-18(24)16(20)17(27-23)14-6-4-3-5-7-14/h3-7,15H,8-13H2,1-2H3. The molecule has 3 rings (SSSR count). The number of nitrogens with zero attached hydrogens (tertiary/aromatic N) is 3. The first-order chi connectivity index (χ1) is 13.5. The number of benzene rings is 1. The first-order valence-corrected chi connectivity index (χ1v) is 9.47. The molecule has 152 valence electrons. The number of halogens is 1. The monoisotopic (exact) mass is 409 g/mol. The molecule has 1 aliphatic rings. The highest BCUT2D eigenvalue weighted by atomic mass is 35.5. The zero-order valence-electron chi connectivity index (χ0n) is 16.0. The molecule has 0 aliphatic carbocycles. The Labute approximate surface area is 168 Å². The molecule has 0 amide bonds. The van der Waals surface area contributed by atoms with E-state index in [0.717, 1.165) is 30.9 Å². The average molecular weight is 410 g/mol. The molecule has 0 N–H and O–H groups in total. The van der Waals surface area contributed by atoms with Gasteiger partial charge < -0.3 is 9.42 Å². The van der Waals surface area contributed by atoms with E-state index in [4.69, 9.17) is 21.0 Å². The van der Waals surface area contributed by atoms with Gasteiger partial charge in [-0.15, -0.1) is 0 Å². The van der Waals surface area contributed by atoms with Crippen LogP contribution in [0.4, 0.5) is 0 Å². The van der Waals surface area contributed by atoms with Crippen molar-refractivity contribution in [2.75, 3.05) is 46.9 Å². The van der Waals surface area contributed by atoms with E-state index < -0.39 is 17.4 Å². The Balaban J connectivity index is 1.80. The molecule has 1 unspecified atom stereocenters. The molecule has 8 nitrogen and oxygen atoms in total. The molecule has 28 heavy (non-hydrogen) atoms. The maximum absolute atomic E-state index is 12.5. The van der Waals surface area contributed by atoms with Crippen LogP contribution in [-0.2, 0) is 21.1 Å². The highest BCUT2D eigenvalue weighted by molar-refractivity contribution is 6.32. The third kappa shape index (κ3) is 4.82. The van der Waals surface area contributed by atoms with Crippen LogP contribution in [0.15, 0.2) is 39.6 Å². The van der Waals surface area contributed by atoms with Crippen molar-refractivity contribution in [3.8, 4) is 11.3 Å². The number of aromatic nitrogens is 1. The number of hydrogen-bond donors (Lipinski definition) is 0. The van der Waals surface area contributed by atoms with Crippen molar-refractivity contribution in [1.82, 2.24) is 14.5 Å². The van der Waals surface area contributed by atoms with Crippen molar-refractivity contribution in [3.63, 3.8) is 0 Å². The molecular weight excluding hydrogens is 386 g/mol. The summed E-state index contributed by atoms with van der Waals surface area (Å²) in [5, 5.41) is -0.00958. The smallest absolute Gasteiger partial charge is 0.348 e. The van der Waals surface area contributed by atoms with Crippen molar-refractivity contribution in [3.05, 3.63) is 45.7 Å². The molecule has 0 spiro atoms. The molecule has 1 aromatic heterocycles. The van der Waals surface area contributed by atoms with Gasteiger partial charge in [0.05, 0.1) is 19.6 Å². The quantitative estimate of drug-likeness (QED) is 0.509. The van der Waals surface area contributed by atoms with E-state index in [0.29, 0.717) is 12.1 Å². The maximum atomic E-state index is 12.5. The van der Waals surface area contributed by atoms with Gasteiger partial charge in [-0.2, -0.15) is 9.63 Å². The molecule has 9 heteroatoms. The van der Waals surface area contributed by atoms with Gasteiger partial charge in [-0.1, -0.05) is 41.9 Å². The third-order valence-corrected chi connectivity index (χ3v) is 5.14. The van der Waals surface area contributed by atoms with Gasteiger partial charge in [-0.25, -0.2) is 4.79 Å². The number of piperazine rings is 1.